The summed E-state index contributed by atoms with van der Waals surface area (Å²) in [5, 5.41) is 0. The Bertz CT molecular complexity index is 81.1. The van der Waals surface area contributed by atoms with Crippen molar-refractivity contribution in [2.75, 3.05) is 31.6 Å². The van der Waals surface area contributed by atoms with Gasteiger partial charge < -0.3 is 5.73 Å². The third-order valence-electron chi connectivity index (χ3n) is 1.60. The number of hydrogen-bond acceptors (Lipinski definition) is 3. The molecule has 0 spiro atoms. The van der Waals surface area contributed by atoms with Crippen molar-refractivity contribution >= 4 is 11.8 Å². The molecule has 0 aliphatic carbocycles. The minimum Gasteiger partial charge on any atom is -0.325 e. The van der Waals surface area contributed by atoms with Crippen molar-refractivity contribution < 1.29 is 0 Å². The summed E-state index contributed by atoms with van der Waals surface area (Å²) in [7, 11) is 0. The molecule has 0 aromatic heterocycles. The van der Waals surface area contributed by atoms with Gasteiger partial charge in [0.25, 0.3) is 0 Å². The first kappa shape index (κ1) is 7.38. The summed E-state index contributed by atoms with van der Waals surface area (Å²) in [6.45, 7) is 3.44. The van der Waals surface area contributed by atoms with E-state index in [0.29, 0.717) is 6.04 Å². The fraction of sp³-hybridized carbons (Fsp3) is 1.00. The van der Waals surface area contributed by atoms with Gasteiger partial charge in [-0.2, -0.15) is 11.8 Å². The molecule has 0 saturated carbocycles. The molecule has 0 amide bonds. The van der Waals surface area contributed by atoms with Crippen molar-refractivity contribution in [1.82, 2.24) is 4.90 Å². The molecule has 1 heterocycles. The minimum absolute atomic E-state index is 0.465. The monoisotopic (exact) mass is 146 g/mol. The van der Waals surface area contributed by atoms with E-state index in [-0.39, 0.29) is 0 Å². The Morgan fingerprint density at radius 3 is 2.78 bits per heavy atom. The van der Waals surface area contributed by atoms with Crippen LogP contribution in [0.15, 0.2) is 0 Å². The van der Waals surface area contributed by atoms with Crippen LogP contribution in [-0.4, -0.2) is 42.6 Å². The van der Waals surface area contributed by atoms with E-state index in [4.69, 9.17) is 5.73 Å². The molecule has 0 atom stereocenters. The van der Waals surface area contributed by atoms with Crippen LogP contribution in [0.1, 0.15) is 0 Å². The van der Waals surface area contributed by atoms with Crippen LogP contribution < -0.4 is 5.73 Å². The maximum absolute atomic E-state index is 5.59. The number of nitrogens with two attached hydrogens (primary N) is 1. The topological polar surface area (TPSA) is 29.3 Å². The molecule has 2 N–H and O–H groups in total. The predicted octanol–water partition coefficient (Wildman–Crippen LogP) is -0.00770. The van der Waals surface area contributed by atoms with Crippen molar-refractivity contribution in [3.63, 3.8) is 0 Å². The SMILES string of the molecule is CSCCN1CC(N)C1. The van der Waals surface area contributed by atoms with Gasteiger partial charge in [-0.1, -0.05) is 0 Å². The molecule has 1 aliphatic rings. The van der Waals surface area contributed by atoms with Crippen molar-refractivity contribution in [2.45, 2.75) is 6.04 Å². The molecule has 1 aliphatic heterocycles. The fourth-order valence-corrected chi connectivity index (χ4v) is 1.45. The van der Waals surface area contributed by atoms with E-state index in [1.807, 2.05) is 11.8 Å². The molecule has 0 radical (unpaired) electrons. The van der Waals surface area contributed by atoms with E-state index in [9.17, 15) is 0 Å². The van der Waals surface area contributed by atoms with Crippen LogP contribution >= 0.6 is 11.8 Å². The highest BCUT2D eigenvalue weighted by Crippen LogP contribution is 2.05. The van der Waals surface area contributed by atoms with Gasteiger partial charge in [0.2, 0.25) is 0 Å². The summed E-state index contributed by atoms with van der Waals surface area (Å²) in [5.41, 5.74) is 5.59. The molecular formula is C6H14N2S. The fourth-order valence-electron chi connectivity index (χ4n) is 1.01. The molecule has 0 unspecified atom stereocenters. The number of rotatable bonds is 3. The maximum Gasteiger partial charge on any atom is 0.0297 e. The van der Waals surface area contributed by atoms with Crippen LogP contribution in [0.2, 0.25) is 0 Å². The van der Waals surface area contributed by atoms with Gasteiger partial charge in [0.15, 0.2) is 0 Å². The van der Waals surface area contributed by atoms with Gasteiger partial charge in [-0.05, 0) is 6.26 Å². The molecular weight excluding hydrogens is 132 g/mol. The van der Waals surface area contributed by atoms with Crippen LogP contribution in [0.5, 0.6) is 0 Å². The van der Waals surface area contributed by atoms with Crippen LogP contribution in [0.3, 0.4) is 0 Å². The average Bonchev–Trinajstić information content (AvgIpc) is 1.78. The second kappa shape index (κ2) is 3.44. The van der Waals surface area contributed by atoms with Gasteiger partial charge in [-0.3, -0.25) is 4.90 Å². The Labute approximate surface area is 60.8 Å². The van der Waals surface area contributed by atoms with Gasteiger partial charge in [-0.25, -0.2) is 0 Å². The molecule has 9 heavy (non-hydrogen) atoms. The molecule has 1 fully saturated rings. The summed E-state index contributed by atoms with van der Waals surface area (Å²) < 4.78 is 0. The van der Waals surface area contributed by atoms with Gasteiger partial charge in [0.05, 0.1) is 0 Å². The van der Waals surface area contributed by atoms with Crippen molar-refractivity contribution in [3.8, 4) is 0 Å². The Balaban J connectivity index is 1.91. The molecule has 54 valence electrons. The first-order chi connectivity index (χ1) is 4.33. The quantitative estimate of drug-likeness (QED) is 0.607. The van der Waals surface area contributed by atoms with Gasteiger partial charge in [0, 0.05) is 31.4 Å². The largest absolute Gasteiger partial charge is 0.325 e. The van der Waals surface area contributed by atoms with E-state index in [0.717, 1.165) is 13.1 Å². The highest BCUT2D eigenvalue weighted by atomic mass is 32.2. The lowest BCUT2D eigenvalue weighted by molar-refractivity contribution is 0.161. The Morgan fingerprint density at radius 2 is 2.33 bits per heavy atom. The normalized spacial score (nSPS) is 22.0. The lowest BCUT2D eigenvalue weighted by atomic mass is 10.1. The zero-order chi connectivity index (χ0) is 6.69. The van der Waals surface area contributed by atoms with Crippen LogP contribution in [0.4, 0.5) is 0 Å². The highest BCUT2D eigenvalue weighted by Gasteiger charge is 2.21. The minimum atomic E-state index is 0.465. The van der Waals surface area contributed by atoms with E-state index in [1.54, 1.807) is 0 Å². The Hall–Kier alpha value is 0.270. The Morgan fingerprint density at radius 1 is 1.67 bits per heavy atom. The second-order valence-corrected chi connectivity index (χ2v) is 3.50. The van der Waals surface area contributed by atoms with E-state index >= 15 is 0 Å². The summed E-state index contributed by atoms with van der Waals surface area (Å²) >= 11 is 1.90. The molecule has 2 nitrogen and oxygen atoms in total. The number of hydrogen-bond donors (Lipinski definition) is 1. The first-order valence-electron chi connectivity index (χ1n) is 3.30. The average molecular weight is 146 g/mol. The lowest BCUT2D eigenvalue weighted by Gasteiger charge is -2.36. The van der Waals surface area contributed by atoms with Gasteiger partial charge >= 0.3 is 0 Å². The summed E-state index contributed by atoms with van der Waals surface area (Å²) in [6, 6.07) is 0.465. The zero-order valence-electron chi connectivity index (χ0n) is 5.84. The standard InChI is InChI=1S/C6H14N2S/c1-9-3-2-8-4-6(7)5-8/h6H,2-5,7H2,1H3. The third kappa shape index (κ3) is 2.16. The van der Waals surface area contributed by atoms with Gasteiger partial charge in [-0.15, -0.1) is 0 Å². The van der Waals surface area contributed by atoms with Crippen LogP contribution in [0, 0.1) is 0 Å². The highest BCUT2D eigenvalue weighted by molar-refractivity contribution is 7.98. The first-order valence-corrected chi connectivity index (χ1v) is 4.69. The van der Waals surface area contributed by atoms with Crippen molar-refractivity contribution in [3.05, 3.63) is 0 Å². The Kier molecular flexibility index (Phi) is 2.82. The van der Waals surface area contributed by atoms with Crippen LogP contribution in [0.25, 0.3) is 0 Å². The number of nitrogens with zero attached hydrogens (tertiary/aromatic N) is 1. The van der Waals surface area contributed by atoms with E-state index < -0.39 is 0 Å². The van der Waals surface area contributed by atoms with Gasteiger partial charge in [0.1, 0.15) is 0 Å². The molecule has 0 aromatic carbocycles. The maximum atomic E-state index is 5.59. The molecule has 1 saturated heterocycles. The predicted molar refractivity (Wildman–Crippen MR) is 42.8 cm³/mol. The van der Waals surface area contributed by atoms with Crippen molar-refractivity contribution in [1.29, 1.82) is 0 Å². The second-order valence-electron chi connectivity index (χ2n) is 2.51. The number of thioether (sulfide) groups is 1. The molecule has 1 rings (SSSR count). The number of likely N-dealkylation sites (tertiary alicyclic amines) is 1. The molecule has 0 bridgehead atoms. The molecule has 0 aromatic rings. The smallest absolute Gasteiger partial charge is 0.0297 e. The summed E-state index contributed by atoms with van der Waals surface area (Å²) in [5.74, 6) is 1.24. The van der Waals surface area contributed by atoms with E-state index in [2.05, 4.69) is 11.2 Å². The molecule has 3 heteroatoms. The zero-order valence-corrected chi connectivity index (χ0v) is 6.66. The van der Waals surface area contributed by atoms with E-state index in [1.165, 1.54) is 12.3 Å². The summed E-state index contributed by atoms with van der Waals surface area (Å²) in [4.78, 5) is 2.39. The summed E-state index contributed by atoms with van der Waals surface area (Å²) in [6.07, 6.45) is 2.14. The van der Waals surface area contributed by atoms with Crippen molar-refractivity contribution in [2.24, 2.45) is 5.73 Å². The van der Waals surface area contributed by atoms with Crippen LogP contribution in [-0.2, 0) is 0 Å². The third-order valence-corrected chi connectivity index (χ3v) is 2.19. The lowest BCUT2D eigenvalue weighted by Crippen LogP contribution is -2.56.